The summed E-state index contributed by atoms with van der Waals surface area (Å²) in [4.78, 5) is 4.40. The number of aliphatic imine (C=N–C) groups is 1. The Morgan fingerprint density at radius 2 is 1.96 bits per heavy atom. The van der Waals surface area contributed by atoms with Crippen molar-refractivity contribution in [3.63, 3.8) is 0 Å². The number of halogens is 1. The van der Waals surface area contributed by atoms with Gasteiger partial charge in [-0.25, -0.2) is 0 Å². The normalized spacial score (nSPS) is 21.8. The molecule has 0 aromatic heterocycles. The van der Waals surface area contributed by atoms with E-state index in [1.54, 1.807) is 0 Å². The maximum absolute atomic E-state index is 4.40. The van der Waals surface area contributed by atoms with E-state index in [4.69, 9.17) is 0 Å². The van der Waals surface area contributed by atoms with Crippen molar-refractivity contribution in [2.45, 2.75) is 62.9 Å². The molecule has 0 amide bonds. The summed E-state index contributed by atoms with van der Waals surface area (Å²) in [6.45, 7) is 7.49. The molecule has 1 aromatic rings. The second kappa shape index (κ2) is 11.4. The highest BCUT2D eigenvalue weighted by atomic mass is 127. The summed E-state index contributed by atoms with van der Waals surface area (Å²) in [5, 5.41) is 11.6. The number of nitrogens with one attached hydrogen (secondary N) is 3. The minimum atomic E-state index is -0.0373. The van der Waals surface area contributed by atoms with E-state index < -0.39 is 0 Å². The van der Waals surface area contributed by atoms with Crippen molar-refractivity contribution in [1.29, 1.82) is 0 Å². The molecule has 0 bridgehead atoms. The summed E-state index contributed by atoms with van der Waals surface area (Å²) >= 11 is 1.98. The second-order valence-corrected chi connectivity index (χ2v) is 8.74. The first-order valence-electron chi connectivity index (χ1n) is 9.26. The fourth-order valence-electron chi connectivity index (χ4n) is 3.44. The molecular formula is C20H35IN4S. The lowest BCUT2D eigenvalue weighted by molar-refractivity contribution is 0.344. The number of rotatable bonds is 7. The zero-order valence-electron chi connectivity index (χ0n) is 16.7. The van der Waals surface area contributed by atoms with Crippen molar-refractivity contribution < 1.29 is 0 Å². The predicted octanol–water partition coefficient (Wildman–Crippen LogP) is 4.18. The van der Waals surface area contributed by atoms with Crippen LogP contribution in [0.1, 0.15) is 51.6 Å². The molecule has 1 fully saturated rings. The smallest absolute Gasteiger partial charge is 0.191 e. The van der Waals surface area contributed by atoms with E-state index in [2.05, 4.69) is 78.3 Å². The summed E-state index contributed by atoms with van der Waals surface area (Å²) < 4.78 is 0. The highest BCUT2D eigenvalue weighted by molar-refractivity contribution is 14.0. The number of thioether (sulfide) groups is 1. The lowest BCUT2D eigenvalue weighted by Gasteiger charge is -2.32. The summed E-state index contributed by atoms with van der Waals surface area (Å²) in [6, 6.07) is 11.4. The van der Waals surface area contributed by atoms with Crippen LogP contribution in [-0.4, -0.2) is 42.6 Å². The highest BCUT2D eigenvalue weighted by Gasteiger charge is 2.25. The molecule has 2 rings (SSSR count). The predicted molar refractivity (Wildman–Crippen MR) is 127 cm³/mol. The number of nitrogens with zero attached hydrogens (tertiary/aromatic N) is 1. The van der Waals surface area contributed by atoms with Crippen molar-refractivity contribution in [2.24, 2.45) is 4.99 Å². The average Bonchev–Trinajstić information content (AvgIpc) is 3.06. The van der Waals surface area contributed by atoms with Crippen LogP contribution in [0.4, 0.5) is 0 Å². The van der Waals surface area contributed by atoms with E-state index in [0.717, 1.165) is 17.8 Å². The van der Waals surface area contributed by atoms with Gasteiger partial charge in [0.15, 0.2) is 5.96 Å². The van der Waals surface area contributed by atoms with E-state index >= 15 is 0 Å². The molecule has 0 radical (unpaired) electrons. The van der Waals surface area contributed by atoms with Crippen molar-refractivity contribution in [3.05, 3.63) is 35.9 Å². The van der Waals surface area contributed by atoms with Gasteiger partial charge in [-0.3, -0.25) is 4.99 Å². The summed E-state index contributed by atoms with van der Waals surface area (Å²) in [5.74, 6) is 0.911. The van der Waals surface area contributed by atoms with E-state index in [0.29, 0.717) is 12.1 Å². The van der Waals surface area contributed by atoms with Crippen molar-refractivity contribution in [1.82, 2.24) is 16.0 Å². The molecule has 0 aliphatic heterocycles. The molecule has 6 heteroatoms. The van der Waals surface area contributed by atoms with Gasteiger partial charge in [0, 0.05) is 36.5 Å². The summed E-state index contributed by atoms with van der Waals surface area (Å²) in [5.41, 5.74) is 1.27. The van der Waals surface area contributed by atoms with Gasteiger partial charge in [-0.05, 0) is 51.9 Å². The van der Waals surface area contributed by atoms with Gasteiger partial charge in [0.2, 0.25) is 0 Å². The molecule has 1 aromatic carbocycles. The fraction of sp³-hybridized carbons (Fsp3) is 0.650. The van der Waals surface area contributed by atoms with E-state index in [1.165, 1.54) is 24.8 Å². The molecule has 3 N–H and O–H groups in total. The Labute approximate surface area is 180 Å². The Balaban J connectivity index is 0.00000338. The van der Waals surface area contributed by atoms with Crippen LogP contribution >= 0.6 is 35.7 Å². The van der Waals surface area contributed by atoms with Gasteiger partial charge in [0.05, 0.1) is 0 Å². The molecule has 1 aliphatic rings. The zero-order chi connectivity index (χ0) is 18.3. The number of benzene rings is 1. The molecule has 3 unspecified atom stereocenters. The van der Waals surface area contributed by atoms with Gasteiger partial charge >= 0.3 is 0 Å². The number of hydrogen-bond acceptors (Lipinski definition) is 3. The Morgan fingerprint density at radius 3 is 2.54 bits per heavy atom. The van der Waals surface area contributed by atoms with E-state index in [1.807, 2.05) is 18.8 Å². The Hall–Kier alpha value is -0.470. The SMILES string of the molecule is CN=C(NCC(C)(C)NC(C)c1ccccc1)NC1CCC(SC)C1.I. The number of guanidine groups is 1. The summed E-state index contributed by atoms with van der Waals surface area (Å²) in [7, 11) is 1.85. The molecular weight excluding hydrogens is 455 g/mol. The first kappa shape index (κ1) is 23.6. The minimum Gasteiger partial charge on any atom is -0.355 e. The molecule has 26 heavy (non-hydrogen) atoms. The van der Waals surface area contributed by atoms with Gasteiger partial charge in [0.1, 0.15) is 0 Å². The fourth-order valence-corrected chi connectivity index (χ4v) is 4.24. The van der Waals surface area contributed by atoms with Crippen LogP contribution in [0.3, 0.4) is 0 Å². The Morgan fingerprint density at radius 1 is 1.27 bits per heavy atom. The maximum Gasteiger partial charge on any atom is 0.191 e. The van der Waals surface area contributed by atoms with Gasteiger partial charge in [0.25, 0.3) is 0 Å². The third-order valence-electron chi connectivity index (χ3n) is 4.89. The van der Waals surface area contributed by atoms with Crippen LogP contribution in [-0.2, 0) is 0 Å². The third kappa shape index (κ3) is 7.64. The molecule has 0 spiro atoms. The lowest BCUT2D eigenvalue weighted by atomic mass is 10.0. The van der Waals surface area contributed by atoms with Gasteiger partial charge in [-0.2, -0.15) is 11.8 Å². The standard InChI is InChI=1S/C20H34N4S.HI/c1-15(16-9-7-6-8-10-16)24-20(2,3)14-22-19(21-4)23-17-11-12-18(13-17)25-5;/h6-10,15,17-18,24H,11-14H2,1-5H3,(H2,21,22,23);1H. The van der Waals surface area contributed by atoms with Crippen LogP contribution in [0.5, 0.6) is 0 Å². The zero-order valence-corrected chi connectivity index (χ0v) is 19.9. The third-order valence-corrected chi connectivity index (χ3v) is 5.98. The largest absolute Gasteiger partial charge is 0.355 e. The molecule has 0 heterocycles. The highest BCUT2D eigenvalue weighted by Crippen LogP contribution is 2.28. The van der Waals surface area contributed by atoms with Crippen LogP contribution in [0.15, 0.2) is 35.3 Å². The Kier molecular flexibility index (Phi) is 10.3. The van der Waals surface area contributed by atoms with Crippen LogP contribution in [0.2, 0.25) is 0 Å². The van der Waals surface area contributed by atoms with Gasteiger partial charge in [-0.15, -0.1) is 24.0 Å². The van der Waals surface area contributed by atoms with Crippen LogP contribution < -0.4 is 16.0 Å². The summed E-state index contributed by atoms with van der Waals surface area (Å²) in [6.07, 6.45) is 5.98. The van der Waals surface area contributed by atoms with E-state index in [9.17, 15) is 0 Å². The molecule has 3 atom stereocenters. The van der Waals surface area contributed by atoms with Gasteiger partial charge < -0.3 is 16.0 Å². The lowest BCUT2D eigenvalue weighted by Crippen LogP contribution is -2.53. The second-order valence-electron chi connectivity index (χ2n) is 7.60. The van der Waals surface area contributed by atoms with Gasteiger partial charge in [-0.1, -0.05) is 30.3 Å². The van der Waals surface area contributed by atoms with Crippen molar-refractivity contribution >= 4 is 41.7 Å². The van der Waals surface area contributed by atoms with Crippen LogP contribution in [0, 0.1) is 0 Å². The maximum atomic E-state index is 4.40. The molecule has 1 aliphatic carbocycles. The quantitative estimate of drug-likeness (QED) is 0.305. The molecule has 1 saturated carbocycles. The molecule has 0 saturated heterocycles. The Bertz CT molecular complexity index is 550. The van der Waals surface area contributed by atoms with Crippen LogP contribution in [0.25, 0.3) is 0 Å². The average molecular weight is 490 g/mol. The monoisotopic (exact) mass is 490 g/mol. The minimum absolute atomic E-state index is 0. The first-order chi connectivity index (χ1) is 11.9. The number of hydrogen-bond donors (Lipinski definition) is 3. The van der Waals surface area contributed by atoms with Crippen molar-refractivity contribution in [3.8, 4) is 0 Å². The van der Waals surface area contributed by atoms with Crippen molar-refractivity contribution in [2.75, 3.05) is 19.8 Å². The molecule has 148 valence electrons. The van der Waals surface area contributed by atoms with E-state index in [-0.39, 0.29) is 29.5 Å². The first-order valence-corrected chi connectivity index (χ1v) is 10.5. The molecule has 4 nitrogen and oxygen atoms in total. The topological polar surface area (TPSA) is 48.5 Å².